The molecular weight excluding hydrogens is 442 g/mol. The quantitative estimate of drug-likeness (QED) is 0.299. The van der Waals surface area contributed by atoms with E-state index in [9.17, 15) is 13.6 Å². The predicted octanol–water partition coefficient (Wildman–Crippen LogP) is 7.46. The van der Waals surface area contributed by atoms with Crippen molar-refractivity contribution in [2.45, 2.75) is 92.0 Å². The molecule has 1 aliphatic carbocycles. The Labute approximate surface area is 212 Å². The fraction of sp³-hybridized carbons (Fsp3) is 0.567. The molecular formula is C30H46F2N2O. The molecule has 35 heavy (non-hydrogen) atoms. The molecule has 0 aromatic heterocycles. The molecule has 5 heteroatoms. The minimum Gasteiger partial charge on any atom is -0.359 e. The lowest BCUT2D eigenvalue weighted by Gasteiger charge is -2.39. The topological polar surface area (TPSA) is 41.1 Å². The van der Waals surface area contributed by atoms with Gasteiger partial charge in [-0.25, -0.2) is 8.78 Å². The van der Waals surface area contributed by atoms with Crippen molar-refractivity contribution in [2.24, 2.45) is 5.41 Å². The van der Waals surface area contributed by atoms with E-state index in [-0.39, 0.29) is 5.54 Å². The number of benzene rings is 2. The maximum absolute atomic E-state index is 12.2. The SMILES string of the molecule is CC.CC(C)(C)Cc1cccc(C2(NCCCNC=O)CCCCC2)c1.Cc1cc(F)cc(F)c1. The zero-order chi connectivity index (χ0) is 26.3. The zero-order valence-electron chi connectivity index (χ0n) is 22.6. The molecule has 0 heterocycles. The highest BCUT2D eigenvalue weighted by atomic mass is 19.1. The van der Waals surface area contributed by atoms with E-state index < -0.39 is 11.6 Å². The number of amides is 1. The maximum Gasteiger partial charge on any atom is 0.207 e. The van der Waals surface area contributed by atoms with Crippen molar-refractivity contribution in [3.05, 3.63) is 70.8 Å². The van der Waals surface area contributed by atoms with Gasteiger partial charge in [0.1, 0.15) is 11.6 Å². The molecule has 196 valence electrons. The van der Waals surface area contributed by atoms with Crippen LogP contribution in [-0.2, 0) is 16.8 Å². The average molecular weight is 489 g/mol. The first-order valence-corrected chi connectivity index (χ1v) is 13.1. The van der Waals surface area contributed by atoms with Crippen LogP contribution < -0.4 is 10.6 Å². The number of halogens is 2. The molecule has 1 amide bonds. The highest BCUT2D eigenvalue weighted by molar-refractivity contribution is 5.45. The third-order valence-electron chi connectivity index (χ3n) is 5.97. The highest BCUT2D eigenvalue weighted by Crippen LogP contribution is 2.38. The smallest absolute Gasteiger partial charge is 0.207 e. The van der Waals surface area contributed by atoms with Gasteiger partial charge in [0.05, 0.1) is 0 Å². The summed E-state index contributed by atoms with van der Waals surface area (Å²) in [6.07, 6.45) is 9.23. The molecule has 0 bridgehead atoms. The lowest BCUT2D eigenvalue weighted by Crippen LogP contribution is -2.45. The first kappa shape index (κ1) is 30.8. The molecule has 3 nitrogen and oxygen atoms in total. The van der Waals surface area contributed by atoms with Crippen LogP contribution in [0.4, 0.5) is 8.78 Å². The van der Waals surface area contributed by atoms with Crippen LogP contribution in [0.3, 0.4) is 0 Å². The van der Waals surface area contributed by atoms with Gasteiger partial charge < -0.3 is 10.6 Å². The molecule has 1 fully saturated rings. The monoisotopic (exact) mass is 488 g/mol. The van der Waals surface area contributed by atoms with Crippen molar-refractivity contribution in [2.75, 3.05) is 13.1 Å². The van der Waals surface area contributed by atoms with Crippen LogP contribution in [0.1, 0.15) is 89.8 Å². The van der Waals surface area contributed by atoms with Gasteiger partial charge in [-0.2, -0.15) is 0 Å². The third-order valence-corrected chi connectivity index (χ3v) is 5.97. The Morgan fingerprint density at radius 2 is 1.57 bits per heavy atom. The molecule has 2 N–H and O–H groups in total. The van der Waals surface area contributed by atoms with Crippen LogP contribution in [0.5, 0.6) is 0 Å². The van der Waals surface area contributed by atoms with Gasteiger partial charge in [-0.1, -0.05) is 78.1 Å². The number of carbonyl (C=O) groups is 1. The molecule has 0 spiro atoms. The number of rotatable bonds is 8. The Kier molecular flexibility index (Phi) is 13.8. The summed E-state index contributed by atoms with van der Waals surface area (Å²) in [6, 6.07) is 12.6. The van der Waals surface area contributed by atoms with E-state index in [4.69, 9.17) is 0 Å². The van der Waals surface area contributed by atoms with Gasteiger partial charge in [-0.15, -0.1) is 0 Å². The molecule has 2 aromatic carbocycles. The summed E-state index contributed by atoms with van der Waals surface area (Å²) >= 11 is 0. The summed E-state index contributed by atoms with van der Waals surface area (Å²) in [7, 11) is 0. The van der Waals surface area contributed by atoms with E-state index in [0.717, 1.165) is 38.4 Å². The second kappa shape index (κ2) is 15.7. The van der Waals surface area contributed by atoms with E-state index in [1.54, 1.807) is 6.92 Å². The number of aryl methyl sites for hydroxylation is 1. The summed E-state index contributed by atoms with van der Waals surface area (Å²) < 4.78 is 24.4. The molecule has 1 saturated carbocycles. The summed E-state index contributed by atoms with van der Waals surface area (Å²) in [5, 5.41) is 6.60. The molecule has 0 unspecified atom stereocenters. The minimum atomic E-state index is -0.521. The Morgan fingerprint density at radius 1 is 0.943 bits per heavy atom. The van der Waals surface area contributed by atoms with E-state index in [0.29, 0.717) is 11.0 Å². The Hall–Kier alpha value is -2.27. The number of hydrogen-bond donors (Lipinski definition) is 2. The van der Waals surface area contributed by atoms with Crippen LogP contribution in [0.15, 0.2) is 42.5 Å². The Morgan fingerprint density at radius 3 is 2.11 bits per heavy atom. The van der Waals surface area contributed by atoms with Gasteiger partial charge >= 0.3 is 0 Å². The molecule has 0 aliphatic heterocycles. The van der Waals surface area contributed by atoms with Crippen molar-refractivity contribution >= 4 is 6.41 Å². The molecule has 0 radical (unpaired) electrons. The van der Waals surface area contributed by atoms with E-state index >= 15 is 0 Å². The van der Waals surface area contributed by atoms with Crippen molar-refractivity contribution in [3.8, 4) is 0 Å². The third kappa shape index (κ3) is 11.8. The number of carbonyl (C=O) groups excluding carboxylic acids is 1. The van der Waals surface area contributed by atoms with Gasteiger partial charge in [0, 0.05) is 18.2 Å². The average Bonchev–Trinajstić information content (AvgIpc) is 2.79. The van der Waals surface area contributed by atoms with E-state index in [1.165, 1.54) is 55.4 Å². The normalized spacial score (nSPS) is 14.6. The lowest BCUT2D eigenvalue weighted by atomic mass is 9.75. The van der Waals surface area contributed by atoms with Gasteiger partial charge in [-0.3, -0.25) is 4.79 Å². The first-order chi connectivity index (χ1) is 16.6. The Balaban J connectivity index is 0.000000464. The van der Waals surface area contributed by atoms with Crippen molar-refractivity contribution in [1.29, 1.82) is 0 Å². The van der Waals surface area contributed by atoms with Crippen molar-refractivity contribution in [1.82, 2.24) is 10.6 Å². The van der Waals surface area contributed by atoms with Crippen molar-refractivity contribution < 1.29 is 13.6 Å². The van der Waals surface area contributed by atoms with Crippen molar-refractivity contribution in [3.63, 3.8) is 0 Å². The largest absolute Gasteiger partial charge is 0.359 e. The Bertz CT molecular complexity index is 820. The summed E-state index contributed by atoms with van der Waals surface area (Å²) in [6.45, 7) is 14.2. The van der Waals surface area contributed by atoms with Gasteiger partial charge in [-0.05, 0) is 73.4 Å². The van der Waals surface area contributed by atoms with Crippen LogP contribution in [0.2, 0.25) is 0 Å². The maximum atomic E-state index is 12.2. The minimum absolute atomic E-state index is 0.118. The summed E-state index contributed by atoms with van der Waals surface area (Å²) in [4.78, 5) is 10.4. The summed E-state index contributed by atoms with van der Waals surface area (Å²) in [5.74, 6) is -1.04. The zero-order valence-corrected chi connectivity index (χ0v) is 22.6. The van der Waals surface area contributed by atoms with E-state index in [1.807, 2.05) is 13.8 Å². The van der Waals surface area contributed by atoms with Gasteiger partial charge in [0.2, 0.25) is 6.41 Å². The fourth-order valence-electron chi connectivity index (χ4n) is 4.58. The standard InChI is InChI=1S/C21H34N2O.C7H6F2.C2H6/c1-20(2,3)16-18-9-7-10-19(15-18)21(11-5-4-6-12-21)23-14-8-13-22-17-24;1-5-2-6(8)4-7(9)3-5;1-2/h7,9-10,15,17,23H,4-6,8,11-14,16H2,1-3H3,(H,22,24);2-4H,1H3;1-2H3. The number of hydrogen-bond acceptors (Lipinski definition) is 2. The number of nitrogens with one attached hydrogen (secondary N) is 2. The highest BCUT2D eigenvalue weighted by Gasteiger charge is 2.33. The first-order valence-electron chi connectivity index (χ1n) is 13.1. The second-order valence-corrected chi connectivity index (χ2v) is 10.4. The molecule has 0 atom stereocenters. The molecule has 3 rings (SSSR count). The van der Waals surface area contributed by atoms with Gasteiger partial charge in [0.15, 0.2) is 0 Å². The fourth-order valence-corrected chi connectivity index (χ4v) is 4.58. The van der Waals surface area contributed by atoms with Crippen LogP contribution in [0.25, 0.3) is 0 Å². The molecule has 2 aromatic rings. The van der Waals surface area contributed by atoms with E-state index in [2.05, 4.69) is 55.7 Å². The van der Waals surface area contributed by atoms with Gasteiger partial charge in [0.25, 0.3) is 0 Å². The predicted molar refractivity (Wildman–Crippen MR) is 143 cm³/mol. The molecule has 1 aliphatic rings. The molecule has 0 saturated heterocycles. The van der Waals surface area contributed by atoms with Crippen LogP contribution in [-0.4, -0.2) is 19.5 Å². The lowest BCUT2D eigenvalue weighted by molar-refractivity contribution is -0.109. The summed E-state index contributed by atoms with van der Waals surface area (Å²) in [5.41, 5.74) is 3.92. The van der Waals surface area contributed by atoms with Crippen LogP contribution in [0, 0.1) is 24.0 Å². The second-order valence-electron chi connectivity index (χ2n) is 10.4. The van der Waals surface area contributed by atoms with Crippen LogP contribution >= 0.6 is 0 Å².